The van der Waals surface area contributed by atoms with Crippen molar-refractivity contribution in [1.29, 1.82) is 0 Å². The number of para-hydroxylation sites is 2. The molecule has 29 heavy (non-hydrogen) atoms. The third-order valence-electron chi connectivity index (χ3n) is 4.18. The van der Waals surface area contributed by atoms with Crippen molar-refractivity contribution in [2.24, 2.45) is 0 Å². The third kappa shape index (κ3) is 7.65. The van der Waals surface area contributed by atoms with Crippen molar-refractivity contribution in [3.8, 4) is 11.5 Å². The molecule has 0 saturated heterocycles. The smallest absolute Gasteiger partial charge is 0.490 e. The van der Waals surface area contributed by atoms with Crippen LogP contribution in [0.25, 0.3) is 0 Å². The number of hydrogen-bond acceptors (Lipinski definition) is 4. The zero-order valence-electron chi connectivity index (χ0n) is 16.3. The summed E-state index contributed by atoms with van der Waals surface area (Å²) < 4.78 is 46.9. The maximum Gasteiger partial charge on any atom is 0.573 e. The molecule has 1 unspecified atom stereocenters. The van der Waals surface area contributed by atoms with Gasteiger partial charge in [0.25, 0.3) is 0 Å². The van der Waals surface area contributed by atoms with E-state index in [1.54, 1.807) is 6.07 Å². The normalized spacial score (nSPS) is 12.3. The molecular formula is C21H24F3NO4. The Morgan fingerprint density at radius 1 is 1.10 bits per heavy atom. The van der Waals surface area contributed by atoms with E-state index < -0.39 is 18.4 Å². The molecule has 0 bridgehead atoms. The van der Waals surface area contributed by atoms with Gasteiger partial charge in [0.15, 0.2) is 0 Å². The summed E-state index contributed by atoms with van der Waals surface area (Å²) in [6.07, 6.45) is -5.67. The van der Waals surface area contributed by atoms with Gasteiger partial charge in [-0.2, -0.15) is 0 Å². The van der Waals surface area contributed by atoms with Crippen molar-refractivity contribution in [2.45, 2.75) is 39.2 Å². The Bertz CT molecular complexity index is 804. The number of nitrogens with one attached hydrogen (secondary N) is 1. The molecule has 0 fully saturated rings. The number of aryl methyl sites for hydroxylation is 3. The van der Waals surface area contributed by atoms with Crippen LogP contribution in [0.3, 0.4) is 0 Å². The van der Waals surface area contributed by atoms with Gasteiger partial charge < -0.3 is 19.9 Å². The largest absolute Gasteiger partial charge is 0.573 e. The van der Waals surface area contributed by atoms with E-state index >= 15 is 0 Å². The number of hydrogen-bond donors (Lipinski definition) is 2. The average molecular weight is 411 g/mol. The van der Waals surface area contributed by atoms with Crippen molar-refractivity contribution in [3.05, 3.63) is 59.2 Å². The average Bonchev–Trinajstić information content (AvgIpc) is 2.64. The Morgan fingerprint density at radius 2 is 1.76 bits per heavy atom. The second kappa shape index (κ2) is 10.2. The van der Waals surface area contributed by atoms with E-state index in [2.05, 4.69) is 10.1 Å². The van der Waals surface area contributed by atoms with Crippen LogP contribution in [-0.4, -0.2) is 36.6 Å². The quantitative estimate of drug-likeness (QED) is 0.661. The van der Waals surface area contributed by atoms with Crippen LogP contribution in [0.2, 0.25) is 0 Å². The van der Waals surface area contributed by atoms with Crippen molar-refractivity contribution >= 4 is 5.91 Å². The number of carbonyl (C=O) groups excluding carboxylic acids is 1. The van der Waals surface area contributed by atoms with Crippen LogP contribution < -0.4 is 14.8 Å². The zero-order valence-corrected chi connectivity index (χ0v) is 16.3. The fourth-order valence-corrected chi connectivity index (χ4v) is 2.77. The molecule has 2 aromatic carbocycles. The molecule has 2 aromatic rings. The SMILES string of the molecule is Cc1cccc(C)c1OCC(O)CNC(=O)CCc1ccccc1OC(F)(F)F. The summed E-state index contributed by atoms with van der Waals surface area (Å²) in [5.41, 5.74) is 2.17. The Kier molecular flexibility index (Phi) is 7.90. The minimum atomic E-state index is -4.79. The highest BCUT2D eigenvalue weighted by atomic mass is 19.4. The van der Waals surface area contributed by atoms with Crippen molar-refractivity contribution in [3.63, 3.8) is 0 Å². The van der Waals surface area contributed by atoms with Gasteiger partial charge in [-0.3, -0.25) is 4.79 Å². The number of carbonyl (C=O) groups is 1. The van der Waals surface area contributed by atoms with Gasteiger partial charge >= 0.3 is 6.36 Å². The summed E-state index contributed by atoms with van der Waals surface area (Å²) in [7, 11) is 0. The first-order valence-electron chi connectivity index (χ1n) is 9.13. The van der Waals surface area contributed by atoms with Gasteiger partial charge in [0.1, 0.15) is 24.2 Å². The first-order chi connectivity index (χ1) is 13.7. The monoisotopic (exact) mass is 411 g/mol. The molecule has 2 N–H and O–H groups in total. The number of ether oxygens (including phenoxy) is 2. The summed E-state index contributed by atoms with van der Waals surface area (Å²) in [5, 5.41) is 12.6. The molecule has 0 aliphatic rings. The molecule has 0 heterocycles. The molecule has 5 nitrogen and oxygen atoms in total. The van der Waals surface area contributed by atoms with Crippen molar-refractivity contribution < 1.29 is 32.5 Å². The van der Waals surface area contributed by atoms with Crippen LogP contribution >= 0.6 is 0 Å². The molecule has 0 aliphatic heterocycles. The molecule has 1 atom stereocenters. The van der Waals surface area contributed by atoms with E-state index in [0.717, 1.165) is 11.1 Å². The highest BCUT2D eigenvalue weighted by Crippen LogP contribution is 2.27. The summed E-state index contributed by atoms with van der Waals surface area (Å²) >= 11 is 0. The standard InChI is InChI=1S/C21H24F3NO4/c1-14-6-5-7-15(2)20(14)28-13-17(26)12-25-19(27)11-10-16-8-3-4-9-18(16)29-21(22,23)24/h3-9,17,26H,10-13H2,1-2H3,(H,25,27). The van der Waals surface area contributed by atoms with Crippen molar-refractivity contribution in [1.82, 2.24) is 5.32 Å². The molecule has 0 spiro atoms. The number of alkyl halides is 3. The van der Waals surface area contributed by atoms with Crippen LogP contribution in [0, 0.1) is 13.8 Å². The minimum Gasteiger partial charge on any atom is -0.490 e. The molecular weight excluding hydrogens is 387 g/mol. The lowest BCUT2D eigenvalue weighted by Gasteiger charge is -2.16. The number of amides is 1. The van der Waals surface area contributed by atoms with Crippen LogP contribution in [0.5, 0.6) is 11.5 Å². The van der Waals surface area contributed by atoms with Crippen LogP contribution in [0.4, 0.5) is 13.2 Å². The van der Waals surface area contributed by atoms with E-state index in [1.165, 1.54) is 18.2 Å². The van der Waals surface area contributed by atoms with Gasteiger partial charge in [0, 0.05) is 13.0 Å². The Balaban J connectivity index is 1.77. The number of aliphatic hydroxyl groups is 1. The number of aliphatic hydroxyl groups excluding tert-OH is 1. The molecule has 0 saturated carbocycles. The molecule has 0 aliphatic carbocycles. The number of halogens is 3. The summed E-state index contributed by atoms with van der Waals surface area (Å²) in [6.45, 7) is 3.78. The first kappa shape index (κ1) is 22.5. The molecule has 8 heteroatoms. The second-order valence-electron chi connectivity index (χ2n) is 6.65. The fourth-order valence-electron chi connectivity index (χ4n) is 2.77. The third-order valence-corrected chi connectivity index (χ3v) is 4.18. The van der Waals surface area contributed by atoms with Gasteiger partial charge in [-0.05, 0) is 43.0 Å². The Hall–Kier alpha value is -2.74. The summed E-state index contributed by atoms with van der Waals surface area (Å²) in [5.74, 6) is -0.0214. The maximum absolute atomic E-state index is 12.4. The predicted molar refractivity (Wildman–Crippen MR) is 102 cm³/mol. The predicted octanol–water partition coefficient (Wildman–Crippen LogP) is 3.69. The van der Waals surface area contributed by atoms with E-state index in [0.29, 0.717) is 5.75 Å². The molecule has 2 rings (SSSR count). The van der Waals surface area contributed by atoms with Crippen LogP contribution in [-0.2, 0) is 11.2 Å². The van der Waals surface area contributed by atoms with Gasteiger partial charge in [-0.15, -0.1) is 13.2 Å². The van der Waals surface area contributed by atoms with Gasteiger partial charge in [0.05, 0.1) is 0 Å². The lowest BCUT2D eigenvalue weighted by Crippen LogP contribution is -2.35. The molecule has 0 radical (unpaired) electrons. The Labute approximate surface area is 167 Å². The van der Waals surface area contributed by atoms with Gasteiger partial charge in [0.2, 0.25) is 5.91 Å². The molecule has 158 valence electrons. The van der Waals surface area contributed by atoms with Crippen molar-refractivity contribution in [2.75, 3.05) is 13.2 Å². The first-order valence-corrected chi connectivity index (χ1v) is 9.13. The van der Waals surface area contributed by atoms with E-state index in [9.17, 15) is 23.1 Å². The molecule has 0 aromatic heterocycles. The van der Waals surface area contributed by atoms with E-state index in [1.807, 2.05) is 32.0 Å². The lowest BCUT2D eigenvalue weighted by molar-refractivity contribution is -0.274. The summed E-state index contributed by atoms with van der Waals surface area (Å²) in [6, 6.07) is 11.4. The zero-order chi connectivity index (χ0) is 21.4. The van der Waals surface area contributed by atoms with E-state index in [-0.39, 0.29) is 37.3 Å². The Morgan fingerprint density at radius 3 is 2.41 bits per heavy atom. The highest BCUT2D eigenvalue weighted by Gasteiger charge is 2.31. The second-order valence-corrected chi connectivity index (χ2v) is 6.65. The van der Waals surface area contributed by atoms with Crippen LogP contribution in [0.15, 0.2) is 42.5 Å². The number of benzene rings is 2. The topological polar surface area (TPSA) is 67.8 Å². The van der Waals surface area contributed by atoms with Crippen LogP contribution in [0.1, 0.15) is 23.1 Å². The fraction of sp³-hybridized carbons (Fsp3) is 0.381. The van der Waals surface area contributed by atoms with Gasteiger partial charge in [-0.25, -0.2) is 0 Å². The number of rotatable bonds is 9. The highest BCUT2D eigenvalue weighted by molar-refractivity contribution is 5.76. The minimum absolute atomic E-state index is 0.00816. The lowest BCUT2D eigenvalue weighted by atomic mass is 10.1. The van der Waals surface area contributed by atoms with Gasteiger partial charge in [-0.1, -0.05) is 36.4 Å². The van der Waals surface area contributed by atoms with E-state index in [4.69, 9.17) is 4.74 Å². The molecule has 1 amide bonds. The maximum atomic E-state index is 12.4. The summed E-state index contributed by atoms with van der Waals surface area (Å²) in [4.78, 5) is 12.0.